The van der Waals surface area contributed by atoms with Crippen LogP contribution >= 0.6 is 11.6 Å². The first-order valence-electron chi connectivity index (χ1n) is 7.59. The maximum atomic E-state index is 6.40. The van der Waals surface area contributed by atoms with Crippen LogP contribution in [0.2, 0.25) is 5.02 Å². The Labute approximate surface area is 127 Å². The topological polar surface area (TPSA) is 21.3 Å². The van der Waals surface area contributed by atoms with Crippen molar-refractivity contribution in [3.05, 3.63) is 28.3 Å². The second kappa shape index (κ2) is 5.95. The van der Waals surface area contributed by atoms with Crippen LogP contribution in [0.25, 0.3) is 0 Å². The zero-order chi connectivity index (χ0) is 14.9. The van der Waals surface area contributed by atoms with Gasteiger partial charge in [0.2, 0.25) is 0 Å². The van der Waals surface area contributed by atoms with Crippen molar-refractivity contribution in [1.82, 2.24) is 5.32 Å². The first-order valence-corrected chi connectivity index (χ1v) is 7.97. The molecule has 1 aromatic carbocycles. The van der Waals surface area contributed by atoms with Crippen LogP contribution in [-0.2, 0) is 0 Å². The van der Waals surface area contributed by atoms with Crippen molar-refractivity contribution in [2.24, 2.45) is 5.41 Å². The molecule has 0 bridgehead atoms. The average molecular weight is 296 g/mol. The minimum Gasteiger partial charge on any atom is -0.489 e. The molecule has 0 aromatic heterocycles. The molecule has 0 aliphatic heterocycles. The number of rotatable bonds is 5. The fourth-order valence-corrected chi connectivity index (χ4v) is 4.07. The third-order valence-corrected chi connectivity index (χ3v) is 5.35. The number of ether oxygens (including phenoxy) is 1. The summed E-state index contributed by atoms with van der Waals surface area (Å²) in [5.41, 5.74) is 2.51. The first-order chi connectivity index (χ1) is 9.48. The highest BCUT2D eigenvalue weighted by Crippen LogP contribution is 2.49. The molecule has 0 amide bonds. The largest absolute Gasteiger partial charge is 0.489 e. The van der Waals surface area contributed by atoms with Crippen molar-refractivity contribution in [3.8, 4) is 5.75 Å². The van der Waals surface area contributed by atoms with E-state index in [4.69, 9.17) is 16.3 Å². The Kier molecular flexibility index (Phi) is 4.66. The van der Waals surface area contributed by atoms with Crippen LogP contribution in [0.5, 0.6) is 5.75 Å². The molecule has 0 heterocycles. The number of aryl methyl sites for hydroxylation is 2. The van der Waals surface area contributed by atoms with Gasteiger partial charge in [-0.05, 0) is 57.0 Å². The lowest BCUT2D eigenvalue weighted by atomic mass is 9.58. The molecule has 0 saturated heterocycles. The van der Waals surface area contributed by atoms with Gasteiger partial charge >= 0.3 is 0 Å². The van der Waals surface area contributed by atoms with Gasteiger partial charge in [0.1, 0.15) is 11.9 Å². The number of halogens is 1. The molecule has 1 aliphatic carbocycles. The number of hydrogen-bond donors (Lipinski definition) is 1. The lowest BCUT2D eigenvalue weighted by molar-refractivity contribution is -0.0841. The second-order valence-electron chi connectivity index (χ2n) is 5.99. The molecule has 1 N–H and O–H groups in total. The lowest BCUT2D eigenvalue weighted by Gasteiger charge is -2.55. The number of nitrogens with one attached hydrogen (secondary N) is 1. The standard InChI is InChI=1S/C17H26ClNO/c1-6-17(7-2)14(19-5)10-15(17)20-16-11(3)8-13(18)9-12(16)4/h8-9,14-15,19H,6-7,10H2,1-5H3. The second-order valence-corrected chi connectivity index (χ2v) is 6.43. The van der Waals surface area contributed by atoms with Crippen molar-refractivity contribution >= 4 is 11.6 Å². The smallest absolute Gasteiger partial charge is 0.125 e. The van der Waals surface area contributed by atoms with E-state index in [9.17, 15) is 0 Å². The van der Waals surface area contributed by atoms with Crippen molar-refractivity contribution in [2.45, 2.75) is 59.1 Å². The van der Waals surface area contributed by atoms with Crippen molar-refractivity contribution in [1.29, 1.82) is 0 Å². The van der Waals surface area contributed by atoms with Crippen LogP contribution in [0, 0.1) is 19.3 Å². The highest BCUT2D eigenvalue weighted by Gasteiger charge is 2.53. The third-order valence-electron chi connectivity index (χ3n) is 5.14. The van der Waals surface area contributed by atoms with Gasteiger partial charge in [0.05, 0.1) is 0 Å². The van der Waals surface area contributed by atoms with E-state index in [2.05, 4.69) is 40.1 Å². The summed E-state index contributed by atoms with van der Waals surface area (Å²) in [6, 6.07) is 4.53. The summed E-state index contributed by atoms with van der Waals surface area (Å²) in [7, 11) is 2.06. The van der Waals surface area contributed by atoms with Gasteiger partial charge in [0.25, 0.3) is 0 Å². The summed E-state index contributed by atoms with van der Waals surface area (Å²) >= 11 is 6.10. The van der Waals surface area contributed by atoms with Crippen LogP contribution < -0.4 is 10.1 Å². The Balaban J connectivity index is 2.23. The average Bonchev–Trinajstić information content (AvgIpc) is 2.37. The Bertz CT molecular complexity index is 459. The van der Waals surface area contributed by atoms with Crippen LogP contribution in [0.3, 0.4) is 0 Å². The van der Waals surface area contributed by atoms with Gasteiger partial charge in [0.15, 0.2) is 0 Å². The van der Waals surface area contributed by atoms with E-state index in [0.29, 0.717) is 12.1 Å². The minimum atomic E-state index is 0.257. The quantitative estimate of drug-likeness (QED) is 0.863. The summed E-state index contributed by atoms with van der Waals surface area (Å²) < 4.78 is 6.40. The van der Waals surface area contributed by atoms with E-state index in [1.54, 1.807) is 0 Å². The van der Waals surface area contributed by atoms with Gasteiger partial charge in [-0.2, -0.15) is 0 Å². The summed E-state index contributed by atoms with van der Waals surface area (Å²) in [5, 5.41) is 4.23. The molecule has 2 atom stereocenters. The molecule has 2 unspecified atom stereocenters. The van der Waals surface area contributed by atoms with Gasteiger partial charge < -0.3 is 10.1 Å². The highest BCUT2D eigenvalue weighted by atomic mass is 35.5. The molecular formula is C17H26ClNO. The molecule has 1 aromatic rings. The van der Waals surface area contributed by atoms with Crippen molar-refractivity contribution in [3.63, 3.8) is 0 Å². The summed E-state index contributed by atoms with van der Waals surface area (Å²) in [4.78, 5) is 0. The van der Waals surface area contributed by atoms with E-state index in [0.717, 1.165) is 41.2 Å². The molecule has 112 valence electrons. The van der Waals surface area contributed by atoms with Crippen LogP contribution in [0.15, 0.2) is 12.1 Å². The molecule has 3 heteroatoms. The number of hydrogen-bond acceptors (Lipinski definition) is 2. The van der Waals surface area contributed by atoms with Crippen LogP contribution in [0.4, 0.5) is 0 Å². The Hall–Kier alpha value is -0.730. The van der Waals surface area contributed by atoms with Crippen molar-refractivity contribution < 1.29 is 4.74 Å². The van der Waals surface area contributed by atoms with E-state index in [-0.39, 0.29) is 5.41 Å². The fraction of sp³-hybridized carbons (Fsp3) is 0.647. The molecule has 0 spiro atoms. The maximum absolute atomic E-state index is 6.40. The third kappa shape index (κ3) is 2.44. The predicted octanol–water partition coefficient (Wildman–Crippen LogP) is 4.50. The van der Waals surface area contributed by atoms with Crippen LogP contribution in [0.1, 0.15) is 44.2 Å². The zero-order valence-corrected chi connectivity index (χ0v) is 14.0. The summed E-state index contributed by atoms with van der Waals surface area (Å²) in [6.07, 6.45) is 3.67. The molecule has 2 nitrogen and oxygen atoms in total. The maximum Gasteiger partial charge on any atom is 0.125 e. The van der Waals surface area contributed by atoms with E-state index in [1.165, 1.54) is 0 Å². The van der Waals surface area contributed by atoms with E-state index >= 15 is 0 Å². The molecular weight excluding hydrogens is 270 g/mol. The van der Waals surface area contributed by atoms with Gasteiger partial charge in [-0.1, -0.05) is 25.4 Å². The summed E-state index contributed by atoms with van der Waals surface area (Å²) in [6.45, 7) is 8.68. The normalized spacial score (nSPS) is 24.3. The first kappa shape index (κ1) is 15.7. The fourth-order valence-electron chi connectivity index (χ4n) is 3.74. The molecule has 1 fully saturated rings. The number of benzene rings is 1. The Morgan fingerprint density at radius 3 is 2.25 bits per heavy atom. The van der Waals surface area contributed by atoms with Gasteiger partial charge in [-0.25, -0.2) is 0 Å². The van der Waals surface area contributed by atoms with Crippen molar-refractivity contribution in [2.75, 3.05) is 7.05 Å². The SMILES string of the molecule is CCC1(CC)C(NC)CC1Oc1c(C)cc(Cl)cc1C. The van der Waals surface area contributed by atoms with E-state index in [1.807, 2.05) is 12.1 Å². The molecule has 20 heavy (non-hydrogen) atoms. The Morgan fingerprint density at radius 1 is 1.25 bits per heavy atom. The van der Waals surface area contributed by atoms with Crippen LogP contribution in [-0.4, -0.2) is 19.2 Å². The zero-order valence-electron chi connectivity index (χ0n) is 13.2. The van der Waals surface area contributed by atoms with Gasteiger partial charge in [-0.3, -0.25) is 0 Å². The minimum absolute atomic E-state index is 0.257. The van der Waals surface area contributed by atoms with Gasteiger partial charge in [-0.15, -0.1) is 0 Å². The molecule has 1 saturated carbocycles. The monoisotopic (exact) mass is 295 g/mol. The highest BCUT2D eigenvalue weighted by molar-refractivity contribution is 6.30. The summed E-state index contributed by atoms with van der Waals surface area (Å²) in [5.74, 6) is 1.01. The predicted molar refractivity (Wildman–Crippen MR) is 85.8 cm³/mol. The molecule has 0 radical (unpaired) electrons. The van der Waals surface area contributed by atoms with E-state index < -0.39 is 0 Å². The molecule has 1 aliphatic rings. The Morgan fingerprint density at radius 2 is 1.80 bits per heavy atom. The molecule has 2 rings (SSSR count). The lowest BCUT2D eigenvalue weighted by Crippen LogP contribution is -2.63. The van der Waals surface area contributed by atoms with Gasteiger partial charge in [0, 0.05) is 22.9 Å².